The number of aliphatic hydroxyl groups is 1. The van der Waals surface area contributed by atoms with Gasteiger partial charge in [-0.2, -0.15) is 5.10 Å². The lowest BCUT2D eigenvalue weighted by atomic mass is 10.0. The van der Waals surface area contributed by atoms with Crippen LogP contribution in [0, 0.1) is 0 Å². The van der Waals surface area contributed by atoms with Gasteiger partial charge in [-0.25, -0.2) is 0 Å². The van der Waals surface area contributed by atoms with Gasteiger partial charge in [0.2, 0.25) is 5.91 Å². The Bertz CT molecular complexity index is 583. The number of hydrogen-bond donors (Lipinski definition) is 3. The second kappa shape index (κ2) is 8.19. The molecule has 1 heterocycles. The van der Waals surface area contributed by atoms with Crippen molar-refractivity contribution in [2.45, 2.75) is 25.9 Å². The van der Waals surface area contributed by atoms with Crippen molar-refractivity contribution in [1.29, 1.82) is 0 Å². The number of carbonyl (C=O) groups is 1. The molecule has 3 N–H and O–H groups in total. The van der Waals surface area contributed by atoms with Crippen molar-refractivity contribution in [2.75, 3.05) is 18.5 Å². The maximum absolute atomic E-state index is 11.6. The number of anilines is 1. The van der Waals surface area contributed by atoms with Crippen molar-refractivity contribution in [3.8, 4) is 0 Å². The lowest BCUT2D eigenvalue weighted by Crippen LogP contribution is -2.30. The third-order valence-corrected chi connectivity index (χ3v) is 3.32. The minimum atomic E-state index is -0.168. The number of aromatic nitrogens is 2. The third kappa shape index (κ3) is 4.60. The zero-order valence-corrected chi connectivity index (χ0v) is 12.7. The van der Waals surface area contributed by atoms with E-state index in [9.17, 15) is 4.79 Å². The van der Waals surface area contributed by atoms with Gasteiger partial charge in [-0.3, -0.25) is 9.48 Å². The number of nitrogens with zero attached hydrogens (tertiary/aromatic N) is 2. The SMILES string of the molecule is CCC(Nc1cnn(CC(=O)NCCO)c1)c1ccccc1. The molecule has 0 aliphatic heterocycles. The molecular weight excluding hydrogens is 280 g/mol. The van der Waals surface area contributed by atoms with Gasteiger partial charge in [0.05, 0.1) is 24.5 Å². The number of amides is 1. The molecule has 118 valence electrons. The minimum Gasteiger partial charge on any atom is -0.395 e. The summed E-state index contributed by atoms with van der Waals surface area (Å²) in [4.78, 5) is 11.6. The van der Waals surface area contributed by atoms with Crippen LogP contribution in [0.2, 0.25) is 0 Å². The first-order chi connectivity index (χ1) is 10.7. The lowest BCUT2D eigenvalue weighted by Gasteiger charge is -2.17. The first kappa shape index (κ1) is 16.0. The molecule has 0 saturated heterocycles. The first-order valence-corrected chi connectivity index (χ1v) is 7.44. The number of nitrogens with one attached hydrogen (secondary N) is 2. The number of hydrogen-bond acceptors (Lipinski definition) is 4. The maximum atomic E-state index is 11.6. The molecule has 2 aromatic rings. The Hall–Kier alpha value is -2.34. The Kier molecular flexibility index (Phi) is 5.97. The molecule has 1 atom stereocenters. The van der Waals surface area contributed by atoms with Crippen molar-refractivity contribution in [2.24, 2.45) is 0 Å². The summed E-state index contributed by atoms with van der Waals surface area (Å²) in [7, 11) is 0. The topological polar surface area (TPSA) is 79.2 Å². The summed E-state index contributed by atoms with van der Waals surface area (Å²) in [6.07, 6.45) is 4.47. The second-order valence-electron chi connectivity index (χ2n) is 5.02. The molecule has 1 amide bonds. The lowest BCUT2D eigenvalue weighted by molar-refractivity contribution is -0.122. The van der Waals surface area contributed by atoms with Crippen LogP contribution in [0.1, 0.15) is 24.9 Å². The van der Waals surface area contributed by atoms with Gasteiger partial charge in [0.1, 0.15) is 6.54 Å². The van der Waals surface area contributed by atoms with Crippen LogP contribution < -0.4 is 10.6 Å². The summed E-state index contributed by atoms with van der Waals surface area (Å²) in [5, 5.41) is 18.9. The zero-order valence-electron chi connectivity index (χ0n) is 12.7. The first-order valence-electron chi connectivity index (χ1n) is 7.44. The van der Waals surface area contributed by atoms with E-state index in [0.29, 0.717) is 0 Å². The van der Waals surface area contributed by atoms with E-state index in [2.05, 4.69) is 34.8 Å². The predicted octanol–water partition coefficient (Wildman–Crippen LogP) is 1.55. The molecule has 1 aromatic heterocycles. The van der Waals surface area contributed by atoms with Crippen molar-refractivity contribution in [3.05, 3.63) is 48.3 Å². The zero-order chi connectivity index (χ0) is 15.8. The molecule has 0 spiro atoms. The van der Waals surface area contributed by atoms with Crippen LogP contribution in [0.15, 0.2) is 42.7 Å². The normalized spacial score (nSPS) is 11.9. The van der Waals surface area contributed by atoms with Crippen LogP contribution in [0.3, 0.4) is 0 Å². The standard InChI is InChI=1S/C16H22N4O2/c1-2-15(13-6-4-3-5-7-13)19-14-10-18-20(11-14)12-16(22)17-8-9-21/h3-7,10-11,15,19,21H,2,8-9,12H2,1H3,(H,17,22). The molecule has 1 unspecified atom stereocenters. The number of aliphatic hydroxyl groups excluding tert-OH is 1. The molecule has 0 aliphatic carbocycles. The predicted molar refractivity (Wildman–Crippen MR) is 85.4 cm³/mol. The van der Waals surface area contributed by atoms with Gasteiger partial charge in [-0.15, -0.1) is 0 Å². The van der Waals surface area contributed by atoms with Gasteiger partial charge in [0.25, 0.3) is 0 Å². The van der Waals surface area contributed by atoms with Crippen molar-refractivity contribution in [1.82, 2.24) is 15.1 Å². The van der Waals surface area contributed by atoms with Crippen molar-refractivity contribution < 1.29 is 9.90 Å². The van der Waals surface area contributed by atoms with E-state index in [-0.39, 0.29) is 31.6 Å². The van der Waals surface area contributed by atoms with Gasteiger partial charge < -0.3 is 15.7 Å². The highest BCUT2D eigenvalue weighted by atomic mass is 16.3. The van der Waals surface area contributed by atoms with Crippen LogP contribution in [0.25, 0.3) is 0 Å². The Balaban J connectivity index is 1.95. The Morgan fingerprint density at radius 3 is 2.82 bits per heavy atom. The van der Waals surface area contributed by atoms with Gasteiger partial charge in [0, 0.05) is 12.7 Å². The van der Waals surface area contributed by atoms with Gasteiger partial charge in [-0.05, 0) is 12.0 Å². The molecule has 0 bridgehead atoms. The average Bonchev–Trinajstić information content (AvgIpc) is 2.98. The molecule has 6 heteroatoms. The van der Waals surface area contributed by atoms with E-state index in [1.165, 1.54) is 5.56 Å². The molecule has 2 rings (SSSR count). The van der Waals surface area contributed by atoms with E-state index in [1.54, 1.807) is 10.9 Å². The van der Waals surface area contributed by atoms with Crippen molar-refractivity contribution in [3.63, 3.8) is 0 Å². The third-order valence-electron chi connectivity index (χ3n) is 3.32. The average molecular weight is 302 g/mol. The van der Waals surface area contributed by atoms with E-state index >= 15 is 0 Å². The highest BCUT2D eigenvalue weighted by molar-refractivity contribution is 5.75. The summed E-state index contributed by atoms with van der Waals surface area (Å²) < 4.78 is 1.58. The Morgan fingerprint density at radius 2 is 2.14 bits per heavy atom. The van der Waals surface area contributed by atoms with E-state index in [1.807, 2.05) is 24.4 Å². The summed E-state index contributed by atoms with van der Waals surface area (Å²) >= 11 is 0. The van der Waals surface area contributed by atoms with Crippen LogP contribution >= 0.6 is 0 Å². The van der Waals surface area contributed by atoms with E-state index in [0.717, 1.165) is 12.1 Å². The summed E-state index contributed by atoms with van der Waals surface area (Å²) in [6, 6.07) is 10.4. The monoisotopic (exact) mass is 302 g/mol. The van der Waals surface area contributed by atoms with Crippen LogP contribution in [0.5, 0.6) is 0 Å². The van der Waals surface area contributed by atoms with E-state index in [4.69, 9.17) is 5.11 Å². The molecule has 1 aromatic carbocycles. The summed E-state index contributed by atoms with van der Waals surface area (Å²) in [6.45, 7) is 2.46. The molecule has 0 saturated carbocycles. The highest BCUT2D eigenvalue weighted by Crippen LogP contribution is 2.21. The van der Waals surface area contributed by atoms with Crippen LogP contribution in [0.4, 0.5) is 5.69 Å². The molecule has 0 fully saturated rings. The molecule has 6 nitrogen and oxygen atoms in total. The number of carbonyl (C=O) groups excluding carboxylic acids is 1. The smallest absolute Gasteiger partial charge is 0.241 e. The fourth-order valence-corrected chi connectivity index (χ4v) is 2.23. The van der Waals surface area contributed by atoms with Gasteiger partial charge >= 0.3 is 0 Å². The Labute approximate surface area is 130 Å². The highest BCUT2D eigenvalue weighted by Gasteiger charge is 2.10. The summed E-state index contributed by atoms with van der Waals surface area (Å²) in [5.41, 5.74) is 2.10. The fourth-order valence-electron chi connectivity index (χ4n) is 2.23. The Morgan fingerprint density at radius 1 is 1.36 bits per heavy atom. The number of benzene rings is 1. The van der Waals surface area contributed by atoms with E-state index < -0.39 is 0 Å². The second-order valence-corrected chi connectivity index (χ2v) is 5.02. The quantitative estimate of drug-likeness (QED) is 0.691. The van der Waals surface area contributed by atoms with Gasteiger partial charge in [-0.1, -0.05) is 37.3 Å². The minimum absolute atomic E-state index is 0.0626. The molecule has 0 aliphatic rings. The molecule has 22 heavy (non-hydrogen) atoms. The van der Waals surface area contributed by atoms with Crippen molar-refractivity contribution >= 4 is 11.6 Å². The van der Waals surface area contributed by atoms with Crippen LogP contribution in [-0.4, -0.2) is 33.9 Å². The molecular formula is C16H22N4O2. The van der Waals surface area contributed by atoms with Crippen LogP contribution in [-0.2, 0) is 11.3 Å². The summed E-state index contributed by atoms with van der Waals surface area (Å²) in [5.74, 6) is -0.168. The maximum Gasteiger partial charge on any atom is 0.241 e. The fraction of sp³-hybridized carbons (Fsp3) is 0.375. The number of rotatable bonds is 8. The largest absolute Gasteiger partial charge is 0.395 e. The van der Waals surface area contributed by atoms with Gasteiger partial charge in [0.15, 0.2) is 0 Å². The molecule has 0 radical (unpaired) electrons.